The van der Waals surface area contributed by atoms with Gasteiger partial charge in [-0.15, -0.1) is 0 Å². The summed E-state index contributed by atoms with van der Waals surface area (Å²) in [5.74, 6) is -2.08. The summed E-state index contributed by atoms with van der Waals surface area (Å²) in [7, 11) is -3.84. The number of likely N-dealkylation sites (tertiary alicyclic amines) is 1. The van der Waals surface area contributed by atoms with E-state index in [0.29, 0.717) is 6.42 Å². The molecule has 24 heavy (non-hydrogen) atoms. The molecule has 1 aromatic rings. The Hall–Kier alpha value is -1.89. The fourth-order valence-corrected chi connectivity index (χ4v) is 5.33. The molecule has 3 atom stereocenters. The van der Waals surface area contributed by atoms with E-state index < -0.39 is 33.0 Å². The van der Waals surface area contributed by atoms with Crippen LogP contribution in [0, 0.1) is 5.92 Å². The summed E-state index contributed by atoms with van der Waals surface area (Å²) in [5, 5.41) is 8.13. The molecule has 1 aromatic carbocycles. The molecule has 1 fully saturated rings. The van der Waals surface area contributed by atoms with E-state index in [1.54, 1.807) is 25.1 Å². The zero-order chi connectivity index (χ0) is 17.9. The molecule has 0 bridgehead atoms. The third kappa shape index (κ3) is 3.31. The van der Waals surface area contributed by atoms with Crippen LogP contribution in [0.25, 0.3) is 0 Å². The van der Waals surface area contributed by atoms with E-state index in [-0.39, 0.29) is 23.8 Å². The van der Waals surface area contributed by atoms with E-state index in [1.807, 2.05) is 6.92 Å². The van der Waals surface area contributed by atoms with Crippen molar-refractivity contribution in [2.24, 2.45) is 5.92 Å². The van der Waals surface area contributed by atoms with Gasteiger partial charge in [0.2, 0.25) is 5.91 Å². The standard InChI is InChI=1S/C17H23NO5S/c1-3-8-12-11-18(14(4-2)17(20)21)16(19)15(12)24(22,23)13-9-6-5-7-10-13/h5-7,9-10,12,14-15H,3-4,8,11H2,1-2H3,(H,20,21)/t12-,14-,15?/m0/s1. The van der Waals surface area contributed by atoms with Crippen molar-refractivity contribution in [3.05, 3.63) is 30.3 Å². The van der Waals surface area contributed by atoms with Crippen LogP contribution >= 0.6 is 0 Å². The number of carbonyl (C=O) groups excluding carboxylic acids is 1. The molecule has 2 rings (SSSR count). The molecule has 0 radical (unpaired) electrons. The molecule has 7 heteroatoms. The summed E-state index contributed by atoms with van der Waals surface area (Å²) in [6.07, 6.45) is 1.55. The molecule has 1 aliphatic rings. The van der Waals surface area contributed by atoms with E-state index >= 15 is 0 Å². The average Bonchev–Trinajstić information content (AvgIpc) is 2.86. The predicted molar refractivity (Wildman–Crippen MR) is 89.2 cm³/mol. The van der Waals surface area contributed by atoms with Crippen molar-refractivity contribution in [3.63, 3.8) is 0 Å². The van der Waals surface area contributed by atoms with Gasteiger partial charge < -0.3 is 10.0 Å². The molecule has 1 heterocycles. The van der Waals surface area contributed by atoms with E-state index in [9.17, 15) is 23.1 Å². The van der Waals surface area contributed by atoms with Gasteiger partial charge >= 0.3 is 5.97 Å². The number of rotatable bonds is 7. The molecule has 1 N–H and O–H groups in total. The highest BCUT2D eigenvalue weighted by Gasteiger charge is 2.50. The number of carboxylic acids is 1. The quantitative estimate of drug-likeness (QED) is 0.809. The van der Waals surface area contributed by atoms with Crippen LogP contribution in [0.3, 0.4) is 0 Å². The summed E-state index contributed by atoms with van der Waals surface area (Å²) in [4.78, 5) is 25.5. The van der Waals surface area contributed by atoms with Gasteiger partial charge in [0.05, 0.1) is 4.90 Å². The topological polar surface area (TPSA) is 91.8 Å². The highest BCUT2D eigenvalue weighted by molar-refractivity contribution is 7.92. The zero-order valence-electron chi connectivity index (χ0n) is 13.9. The van der Waals surface area contributed by atoms with Crippen molar-refractivity contribution >= 4 is 21.7 Å². The van der Waals surface area contributed by atoms with Gasteiger partial charge in [-0.3, -0.25) is 4.79 Å². The van der Waals surface area contributed by atoms with Crippen molar-refractivity contribution in [2.75, 3.05) is 6.54 Å². The largest absolute Gasteiger partial charge is 0.480 e. The van der Waals surface area contributed by atoms with Gasteiger partial charge in [-0.25, -0.2) is 13.2 Å². The van der Waals surface area contributed by atoms with Crippen LogP contribution in [0.5, 0.6) is 0 Å². The summed E-state index contributed by atoms with van der Waals surface area (Å²) in [6, 6.07) is 6.91. The van der Waals surface area contributed by atoms with Crippen LogP contribution in [0.15, 0.2) is 35.2 Å². The van der Waals surface area contributed by atoms with Crippen LogP contribution in [0.4, 0.5) is 0 Å². The fourth-order valence-electron chi connectivity index (χ4n) is 3.37. The Morgan fingerprint density at radius 3 is 2.42 bits per heavy atom. The van der Waals surface area contributed by atoms with Crippen molar-refractivity contribution in [3.8, 4) is 0 Å². The predicted octanol–water partition coefficient (Wildman–Crippen LogP) is 1.95. The molecular formula is C17H23NO5S. The molecule has 0 saturated carbocycles. The molecule has 132 valence electrons. The summed E-state index contributed by atoms with van der Waals surface area (Å²) in [6.45, 7) is 3.78. The lowest BCUT2D eigenvalue weighted by atomic mass is 10.0. The monoisotopic (exact) mass is 353 g/mol. The lowest BCUT2D eigenvalue weighted by Crippen LogP contribution is -2.44. The third-order valence-electron chi connectivity index (χ3n) is 4.50. The smallest absolute Gasteiger partial charge is 0.326 e. The first-order valence-electron chi connectivity index (χ1n) is 8.16. The second-order valence-electron chi connectivity index (χ2n) is 6.08. The highest BCUT2D eigenvalue weighted by Crippen LogP contribution is 2.33. The second-order valence-corrected chi connectivity index (χ2v) is 8.15. The number of benzene rings is 1. The molecule has 1 amide bonds. The lowest BCUT2D eigenvalue weighted by molar-refractivity contribution is -0.148. The van der Waals surface area contributed by atoms with E-state index in [4.69, 9.17) is 0 Å². The Balaban J connectivity index is 2.43. The van der Waals surface area contributed by atoms with Gasteiger partial charge in [0, 0.05) is 12.5 Å². The first-order chi connectivity index (χ1) is 11.3. The lowest BCUT2D eigenvalue weighted by Gasteiger charge is -2.23. The van der Waals surface area contributed by atoms with Gasteiger partial charge in [-0.2, -0.15) is 0 Å². The van der Waals surface area contributed by atoms with Gasteiger partial charge in [-0.05, 0) is 25.0 Å². The maximum absolute atomic E-state index is 13.0. The summed E-state index contributed by atoms with van der Waals surface area (Å²) in [5.41, 5.74) is 0. The van der Waals surface area contributed by atoms with E-state index in [0.717, 1.165) is 6.42 Å². The van der Waals surface area contributed by atoms with Gasteiger partial charge in [0.15, 0.2) is 9.84 Å². The maximum atomic E-state index is 13.0. The Kier molecular flexibility index (Phi) is 5.64. The molecule has 0 aliphatic carbocycles. The minimum absolute atomic E-state index is 0.106. The Labute approximate surface area is 142 Å². The average molecular weight is 353 g/mol. The molecule has 6 nitrogen and oxygen atoms in total. The SMILES string of the molecule is CCC[C@H]1CN([C@@H](CC)C(=O)O)C(=O)C1S(=O)(=O)c1ccccc1. The van der Waals surface area contributed by atoms with Gasteiger partial charge in [0.1, 0.15) is 11.3 Å². The number of sulfone groups is 1. The van der Waals surface area contributed by atoms with Crippen molar-refractivity contribution in [2.45, 2.75) is 49.3 Å². The van der Waals surface area contributed by atoms with Crippen LogP contribution in [-0.2, 0) is 19.4 Å². The van der Waals surface area contributed by atoms with Crippen LogP contribution in [0.1, 0.15) is 33.1 Å². The van der Waals surface area contributed by atoms with Crippen molar-refractivity contribution in [1.82, 2.24) is 4.90 Å². The number of hydrogen-bond donors (Lipinski definition) is 1. The van der Waals surface area contributed by atoms with Crippen LogP contribution in [-0.4, -0.2) is 48.1 Å². The normalized spacial score (nSPS) is 22.6. The summed E-state index contributed by atoms with van der Waals surface area (Å²) >= 11 is 0. The van der Waals surface area contributed by atoms with E-state index in [1.165, 1.54) is 17.0 Å². The highest BCUT2D eigenvalue weighted by atomic mass is 32.2. The maximum Gasteiger partial charge on any atom is 0.326 e. The molecule has 0 spiro atoms. The van der Waals surface area contributed by atoms with Gasteiger partial charge in [-0.1, -0.05) is 38.5 Å². The fraction of sp³-hybridized carbons (Fsp3) is 0.529. The minimum atomic E-state index is -3.84. The van der Waals surface area contributed by atoms with E-state index in [2.05, 4.69) is 0 Å². The molecule has 1 unspecified atom stereocenters. The molecule has 0 aromatic heterocycles. The Morgan fingerprint density at radius 1 is 1.29 bits per heavy atom. The van der Waals surface area contributed by atoms with Crippen LogP contribution in [0.2, 0.25) is 0 Å². The van der Waals surface area contributed by atoms with Gasteiger partial charge in [0.25, 0.3) is 0 Å². The number of amides is 1. The molecule has 1 saturated heterocycles. The first kappa shape index (κ1) is 18.4. The Morgan fingerprint density at radius 2 is 1.92 bits per heavy atom. The Bertz CT molecular complexity index is 701. The number of nitrogens with zero attached hydrogens (tertiary/aromatic N) is 1. The van der Waals surface area contributed by atoms with Crippen molar-refractivity contribution in [1.29, 1.82) is 0 Å². The molecular weight excluding hydrogens is 330 g/mol. The zero-order valence-corrected chi connectivity index (χ0v) is 14.7. The third-order valence-corrected chi connectivity index (χ3v) is 6.68. The number of hydrogen-bond acceptors (Lipinski definition) is 4. The number of carbonyl (C=O) groups is 2. The molecule has 1 aliphatic heterocycles. The number of carboxylic acid groups (broad SMARTS) is 1. The second kappa shape index (κ2) is 7.34. The first-order valence-corrected chi connectivity index (χ1v) is 9.71. The minimum Gasteiger partial charge on any atom is -0.480 e. The van der Waals surface area contributed by atoms with Crippen molar-refractivity contribution < 1.29 is 23.1 Å². The summed E-state index contributed by atoms with van der Waals surface area (Å²) < 4.78 is 25.9. The van der Waals surface area contributed by atoms with Crippen LogP contribution < -0.4 is 0 Å². The number of aliphatic carboxylic acids is 1.